The average Bonchev–Trinajstić information content (AvgIpc) is 3.10. The van der Waals surface area contributed by atoms with Gasteiger partial charge >= 0.3 is 0 Å². The van der Waals surface area contributed by atoms with Crippen LogP contribution in [0, 0.1) is 0 Å². The zero-order valence-corrected chi connectivity index (χ0v) is 19.6. The molecule has 1 aliphatic heterocycles. The van der Waals surface area contributed by atoms with E-state index in [-0.39, 0.29) is 11.3 Å². The molecule has 1 heterocycles. The summed E-state index contributed by atoms with van der Waals surface area (Å²) in [6.45, 7) is 4.50. The number of rotatable bonds is 7. The molecule has 0 spiro atoms. The fourth-order valence-electron chi connectivity index (χ4n) is 4.05. The fraction of sp³-hybridized carbons (Fsp3) is 0.185. The fourth-order valence-corrected chi connectivity index (χ4v) is 4.23. The molecule has 6 nitrogen and oxygen atoms in total. The van der Waals surface area contributed by atoms with Crippen LogP contribution >= 0.6 is 11.6 Å². The number of amides is 1. The van der Waals surface area contributed by atoms with E-state index in [1.165, 1.54) is 4.90 Å². The standard InChI is InChI=1S/C27H24ClNO5/c1-3-33-20-13-14-21(22(16-20)34-4-2)25(30)23-24(17-9-6-5-7-10-17)29(27(32)26(23)31)19-12-8-11-18(28)15-19/h5-16,24,30H,3-4H2,1-2H3/b25-23-. The van der Waals surface area contributed by atoms with E-state index in [2.05, 4.69) is 0 Å². The van der Waals surface area contributed by atoms with Crippen LogP contribution in [0.5, 0.6) is 11.5 Å². The molecule has 0 bridgehead atoms. The molecule has 34 heavy (non-hydrogen) atoms. The van der Waals surface area contributed by atoms with Crippen LogP contribution in [0.4, 0.5) is 5.69 Å². The maximum absolute atomic E-state index is 13.3. The van der Waals surface area contributed by atoms with Crippen molar-refractivity contribution in [1.82, 2.24) is 0 Å². The summed E-state index contributed by atoms with van der Waals surface area (Å²) >= 11 is 6.18. The molecule has 1 N–H and O–H groups in total. The van der Waals surface area contributed by atoms with Crippen molar-refractivity contribution in [3.63, 3.8) is 0 Å². The van der Waals surface area contributed by atoms with Crippen molar-refractivity contribution in [3.8, 4) is 11.5 Å². The van der Waals surface area contributed by atoms with Gasteiger partial charge in [0.15, 0.2) is 0 Å². The molecule has 7 heteroatoms. The van der Waals surface area contributed by atoms with Gasteiger partial charge in [-0.2, -0.15) is 0 Å². The number of carbonyl (C=O) groups is 2. The van der Waals surface area contributed by atoms with Crippen molar-refractivity contribution in [2.45, 2.75) is 19.9 Å². The van der Waals surface area contributed by atoms with Gasteiger partial charge in [-0.15, -0.1) is 0 Å². The highest BCUT2D eigenvalue weighted by molar-refractivity contribution is 6.51. The number of carbonyl (C=O) groups excluding carboxylic acids is 2. The molecule has 1 saturated heterocycles. The van der Waals surface area contributed by atoms with Gasteiger partial charge in [-0.3, -0.25) is 14.5 Å². The quantitative estimate of drug-likeness (QED) is 0.266. The van der Waals surface area contributed by atoms with Gasteiger partial charge in [0.25, 0.3) is 11.7 Å². The first-order chi connectivity index (χ1) is 16.5. The lowest BCUT2D eigenvalue weighted by Gasteiger charge is -2.25. The van der Waals surface area contributed by atoms with Crippen molar-refractivity contribution < 1.29 is 24.2 Å². The number of aliphatic hydroxyl groups excluding tert-OH is 1. The highest BCUT2D eigenvalue weighted by Crippen LogP contribution is 2.44. The zero-order valence-electron chi connectivity index (χ0n) is 18.8. The molecule has 1 unspecified atom stereocenters. The van der Waals surface area contributed by atoms with Crippen molar-refractivity contribution in [2.75, 3.05) is 18.1 Å². The second-order valence-electron chi connectivity index (χ2n) is 7.58. The second kappa shape index (κ2) is 10.0. The molecule has 1 aliphatic rings. The van der Waals surface area contributed by atoms with Gasteiger partial charge < -0.3 is 14.6 Å². The van der Waals surface area contributed by atoms with E-state index in [1.807, 2.05) is 44.2 Å². The molecule has 4 rings (SSSR count). The van der Waals surface area contributed by atoms with E-state index < -0.39 is 17.7 Å². The third kappa shape index (κ3) is 4.37. The number of benzene rings is 3. The minimum atomic E-state index is -0.847. The molecule has 0 radical (unpaired) electrons. The minimum absolute atomic E-state index is 0.0266. The lowest BCUT2D eigenvalue weighted by molar-refractivity contribution is -0.132. The van der Waals surface area contributed by atoms with Gasteiger partial charge in [-0.25, -0.2) is 0 Å². The number of aliphatic hydroxyl groups is 1. The topological polar surface area (TPSA) is 76.1 Å². The first kappa shape index (κ1) is 23.4. The van der Waals surface area contributed by atoms with Crippen LogP contribution in [0.3, 0.4) is 0 Å². The Morgan fingerprint density at radius 3 is 2.35 bits per heavy atom. The van der Waals surface area contributed by atoms with Gasteiger partial charge in [0, 0.05) is 16.8 Å². The summed E-state index contributed by atoms with van der Waals surface area (Å²) in [6, 6.07) is 19.9. The number of ether oxygens (including phenoxy) is 2. The molecule has 1 amide bonds. The van der Waals surface area contributed by atoms with Crippen molar-refractivity contribution in [2.24, 2.45) is 0 Å². The Hall–Kier alpha value is -3.77. The summed E-state index contributed by atoms with van der Waals surface area (Å²) < 4.78 is 11.3. The molecule has 0 aromatic heterocycles. The molecule has 0 aliphatic carbocycles. The van der Waals surface area contributed by atoms with E-state index >= 15 is 0 Å². The third-order valence-electron chi connectivity index (χ3n) is 5.47. The van der Waals surface area contributed by atoms with E-state index in [1.54, 1.807) is 42.5 Å². The Bertz CT molecular complexity index is 1250. The van der Waals surface area contributed by atoms with Crippen LogP contribution in [-0.2, 0) is 9.59 Å². The Labute approximate surface area is 203 Å². The van der Waals surface area contributed by atoms with E-state index in [0.29, 0.717) is 46.5 Å². The number of nitrogens with zero attached hydrogens (tertiary/aromatic N) is 1. The van der Waals surface area contributed by atoms with Crippen molar-refractivity contribution in [3.05, 3.63) is 94.5 Å². The number of Topliss-reactive ketones (excluding diaryl/α,β-unsaturated/α-hetero) is 1. The van der Waals surface area contributed by atoms with Crippen molar-refractivity contribution in [1.29, 1.82) is 0 Å². The Morgan fingerprint density at radius 2 is 1.68 bits per heavy atom. The van der Waals surface area contributed by atoms with Crippen molar-refractivity contribution >= 4 is 34.7 Å². The van der Waals surface area contributed by atoms with Gasteiger partial charge in [0.2, 0.25) is 0 Å². The number of anilines is 1. The highest BCUT2D eigenvalue weighted by atomic mass is 35.5. The summed E-state index contributed by atoms with van der Waals surface area (Å²) in [7, 11) is 0. The molecular weight excluding hydrogens is 454 g/mol. The van der Waals surface area contributed by atoms with E-state index in [9.17, 15) is 14.7 Å². The van der Waals surface area contributed by atoms with Crippen LogP contribution in [0.1, 0.15) is 31.0 Å². The highest BCUT2D eigenvalue weighted by Gasteiger charge is 2.47. The lowest BCUT2D eigenvalue weighted by atomic mass is 9.95. The predicted molar refractivity (Wildman–Crippen MR) is 131 cm³/mol. The van der Waals surface area contributed by atoms with Crippen LogP contribution in [-0.4, -0.2) is 30.0 Å². The number of ketones is 1. The predicted octanol–water partition coefficient (Wildman–Crippen LogP) is 5.76. The van der Waals surface area contributed by atoms with Gasteiger partial charge in [0.05, 0.1) is 30.4 Å². The summed E-state index contributed by atoms with van der Waals surface area (Å²) in [5.41, 5.74) is 1.41. The first-order valence-electron chi connectivity index (χ1n) is 11.0. The zero-order chi connectivity index (χ0) is 24.2. The van der Waals surface area contributed by atoms with Crippen LogP contribution < -0.4 is 14.4 Å². The Morgan fingerprint density at radius 1 is 0.941 bits per heavy atom. The molecule has 0 saturated carbocycles. The maximum Gasteiger partial charge on any atom is 0.300 e. The molecule has 3 aromatic rings. The van der Waals surface area contributed by atoms with E-state index in [4.69, 9.17) is 21.1 Å². The average molecular weight is 478 g/mol. The van der Waals surface area contributed by atoms with Gasteiger partial charge in [0.1, 0.15) is 17.3 Å². The van der Waals surface area contributed by atoms with Crippen LogP contribution in [0.25, 0.3) is 5.76 Å². The summed E-state index contributed by atoms with van der Waals surface area (Å²) in [5, 5.41) is 11.8. The molecule has 1 fully saturated rings. The number of halogens is 1. The smallest absolute Gasteiger partial charge is 0.300 e. The minimum Gasteiger partial charge on any atom is -0.507 e. The van der Waals surface area contributed by atoms with Gasteiger partial charge in [-0.1, -0.05) is 48.0 Å². The summed E-state index contributed by atoms with van der Waals surface area (Å²) in [5.74, 6) is -0.930. The summed E-state index contributed by atoms with van der Waals surface area (Å²) in [4.78, 5) is 27.9. The molecular formula is C27H24ClNO5. The van der Waals surface area contributed by atoms with Crippen LogP contribution in [0.15, 0.2) is 78.4 Å². The maximum atomic E-state index is 13.3. The Balaban J connectivity index is 1.93. The van der Waals surface area contributed by atoms with E-state index in [0.717, 1.165) is 0 Å². The number of hydrogen-bond acceptors (Lipinski definition) is 5. The third-order valence-corrected chi connectivity index (χ3v) is 5.70. The second-order valence-corrected chi connectivity index (χ2v) is 8.02. The number of hydrogen-bond donors (Lipinski definition) is 1. The summed E-state index contributed by atoms with van der Waals surface area (Å²) in [6.07, 6.45) is 0. The normalized spacial score (nSPS) is 17.1. The largest absolute Gasteiger partial charge is 0.507 e. The Kier molecular flexibility index (Phi) is 6.89. The first-order valence-corrected chi connectivity index (χ1v) is 11.4. The monoisotopic (exact) mass is 477 g/mol. The lowest BCUT2D eigenvalue weighted by Crippen LogP contribution is -2.29. The molecule has 1 atom stereocenters. The molecule has 3 aromatic carbocycles. The molecule has 174 valence electrons. The SMILES string of the molecule is CCOc1ccc(/C(O)=C2/C(=O)C(=O)N(c3cccc(Cl)c3)C2c2ccccc2)c(OCC)c1. The van der Waals surface area contributed by atoms with Crippen LogP contribution in [0.2, 0.25) is 5.02 Å². The van der Waals surface area contributed by atoms with Gasteiger partial charge in [-0.05, 0) is 49.7 Å².